The van der Waals surface area contributed by atoms with Crippen LogP contribution in [0.4, 0.5) is 0 Å². The van der Waals surface area contributed by atoms with Crippen molar-refractivity contribution < 1.29 is 5.11 Å². The first-order chi connectivity index (χ1) is 7.36. The average molecular weight is 202 g/mol. The Balaban J connectivity index is 2.18. The van der Waals surface area contributed by atoms with Crippen LogP contribution in [0.5, 0.6) is 5.88 Å². The van der Waals surface area contributed by atoms with Crippen LogP contribution in [0.15, 0.2) is 24.4 Å². The maximum Gasteiger partial charge on any atom is 0.197 e. The van der Waals surface area contributed by atoms with Gasteiger partial charge in [0.1, 0.15) is 5.82 Å². The van der Waals surface area contributed by atoms with Gasteiger partial charge in [-0.05, 0) is 25.0 Å². The van der Waals surface area contributed by atoms with Gasteiger partial charge in [0.2, 0.25) is 0 Å². The number of rotatable bonds is 1. The third-order valence-corrected chi connectivity index (χ3v) is 3.28. The molecule has 2 heterocycles. The van der Waals surface area contributed by atoms with E-state index < -0.39 is 0 Å². The molecular formula is C12H14N2O. The van der Waals surface area contributed by atoms with E-state index in [1.54, 1.807) is 6.07 Å². The maximum absolute atomic E-state index is 9.82. The minimum atomic E-state index is 0.298. The lowest BCUT2D eigenvalue weighted by Crippen LogP contribution is -2.00. The lowest BCUT2D eigenvalue weighted by Gasteiger charge is -2.08. The van der Waals surface area contributed by atoms with Gasteiger partial charge in [0.05, 0.1) is 11.7 Å². The second-order valence-electron chi connectivity index (χ2n) is 4.24. The lowest BCUT2D eigenvalue weighted by atomic mass is 10.1. The van der Waals surface area contributed by atoms with Crippen molar-refractivity contribution in [3.63, 3.8) is 0 Å². The Kier molecular flexibility index (Phi) is 1.91. The summed E-state index contributed by atoms with van der Waals surface area (Å²) in [6.07, 6.45) is 6.81. The molecular weight excluding hydrogens is 188 g/mol. The third-order valence-electron chi connectivity index (χ3n) is 3.28. The van der Waals surface area contributed by atoms with E-state index in [9.17, 15) is 5.11 Å². The van der Waals surface area contributed by atoms with E-state index in [2.05, 4.69) is 4.98 Å². The summed E-state index contributed by atoms with van der Waals surface area (Å²) in [4.78, 5) is 4.44. The lowest BCUT2D eigenvalue weighted by molar-refractivity contribution is 0.439. The SMILES string of the molecule is Oc1cccc2cnc(C3CCCC3)n12. The van der Waals surface area contributed by atoms with Crippen LogP contribution >= 0.6 is 0 Å². The van der Waals surface area contributed by atoms with Gasteiger partial charge in [-0.1, -0.05) is 18.9 Å². The molecule has 15 heavy (non-hydrogen) atoms. The van der Waals surface area contributed by atoms with Crippen LogP contribution in [-0.4, -0.2) is 14.5 Å². The molecule has 0 atom stereocenters. The smallest absolute Gasteiger partial charge is 0.197 e. The van der Waals surface area contributed by atoms with Crippen LogP contribution < -0.4 is 0 Å². The number of aromatic nitrogens is 2. The largest absolute Gasteiger partial charge is 0.494 e. The monoisotopic (exact) mass is 202 g/mol. The number of imidazole rings is 1. The number of fused-ring (bicyclic) bond motifs is 1. The normalized spacial score (nSPS) is 17.6. The van der Waals surface area contributed by atoms with E-state index in [-0.39, 0.29) is 0 Å². The Bertz CT molecular complexity index is 483. The molecule has 0 spiro atoms. The number of pyridine rings is 1. The first kappa shape index (κ1) is 8.77. The molecule has 2 aromatic heterocycles. The van der Waals surface area contributed by atoms with E-state index in [0.29, 0.717) is 11.8 Å². The molecule has 3 nitrogen and oxygen atoms in total. The van der Waals surface area contributed by atoms with Crippen molar-refractivity contribution in [1.82, 2.24) is 9.38 Å². The van der Waals surface area contributed by atoms with Gasteiger partial charge in [-0.3, -0.25) is 4.40 Å². The van der Waals surface area contributed by atoms with Crippen LogP contribution in [0.25, 0.3) is 5.52 Å². The van der Waals surface area contributed by atoms with Crippen LogP contribution in [-0.2, 0) is 0 Å². The maximum atomic E-state index is 9.82. The molecule has 0 aliphatic heterocycles. The van der Waals surface area contributed by atoms with Crippen LogP contribution in [0, 0.1) is 0 Å². The summed E-state index contributed by atoms with van der Waals surface area (Å²) in [5.74, 6) is 1.85. The Morgan fingerprint density at radius 1 is 1.27 bits per heavy atom. The molecule has 0 amide bonds. The zero-order chi connectivity index (χ0) is 10.3. The number of aromatic hydroxyl groups is 1. The van der Waals surface area contributed by atoms with Gasteiger partial charge in [-0.2, -0.15) is 0 Å². The Labute approximate surface area is 88.4 Å². The molecule has 3 heteroatoms. The van der Waals surface area contributed by atoms with Crippen LogP contribution in [0.3, 0.4) is 0 Å². The molecule has 0 bridgehead atoms. The molecule has 1 saturated carbocycles. The highest BCUT2D eigenvalue weighted by Crippen LogP contribution is 2.34. The van der Waals surface area contributed by atoms with Crippen molar-refractivity contribution >= 4 is 5.52 Å². The summed E-state index contributed by atoms with van der Waals surface area (Å²) in [5.41, 5.74) is 0.983. The molecule has 0 unspecified atom stereocenters. The topological polar surface area (TPSA) is 37.5 Å². The highest BCUT2D eigenvalue weighted by molar-refractivity contribution is 5.49. The fourth-order valence-corrected chi connectivity index (χ4v) is 2.53. The number of hydrogen-bond acceptors (Lipinski definition) is 2. The standard InChI is InChI=1S/C12H14N2O/c15-11-7-3-6-10-8-13-12(14(10)11)9-4-1-2-5-9/h3,6-9,15H,1-2,4-5H2. The zero-order valence-corrected chi connectivity index (χ0v) is 8.56. The summed E-state index contributed by atoms with van der Waals surface area (Å²) in [5, 5.41) is 9.82. The fourth-order valence-electron chi connectivity index (χ4n) is 2.53. The van der Waals surface area contributed by atoms with Crippen molar-refractivity contribution in [3.8, 4) is 5.88 Å². The van der Waals surface area contributed by atoms with E-state index in [1.807, 2.05) is 22.7 Å². The van der Waals surface area contributed by atoms with E-state index in [0.717, 1.165) is 11.3 Å². The Hall–Kier alpha value is -1.51. The molecule has 1 aliphatic rings. The number of nitrogens with zero attached hydrogens (tertiary/aromatic N) is 2. The quantitative estimate of drug-likeness (QED) is 0.772. The minimum Gasteiger partial charge on any atom is -0.494 e. The molecule has 1 fully saturated rings. The summed E-state index contributed by atoms with van der Waals surface area (Å²) in [6.45, 7) is 0. The second kappa shape index (κ2) is 3.26. The Morgan fingerprint density at radius 3 is 2.87 bits per heavy atom. The molecule has 2 aromatic rings. The van der Waals surface area contributed by atoms with Gasteiger partial charge in [-0.25, -0.2) is 4.98 Å². The highest BCUT2D eigenvalue weighted by Gasteiger charge is 2.22. The highest BCUT2D eigenvalue weighted by atomic mass is 16.3. The van der Waals surface area contributed by atoms with Gasteiger partial charge >= 0.3 is 0 Å². The van der Waals surface area contributed by atoms with E-state index in [1.165, 1.54) is 25.7 Å². The molecule has 0 aromatic carbocycles. The van der Waals surface area contributed by atoms with Gasteiger partial charge < -0.3 is 5.11 Å². The fraction of sp³-hybridized carbons (Fsp3) is 0.417. The summed E-state index contributed by atoms with van der Waals surface area (Å²) < 4.78 is 1.87. The number of hydrogen-bond donors (Lipinski definition) is 1. The van der Waals surface area contributed by atoms with Crippen molar-refractivity contribution in [3.05, 3.63) is 30.2 Å². The van der Waals surface area contributed by atoms with Crippen molar-refractivity contribution in [1.29, 1.82) is 0 Å². The van der Waals surface area contributed by atoms with Gasteiger partial charge in [0.25, 0.3) is 0 Å². The second-order valence-corrected chi connectivity index (χ2v) is 4.24. The predicted molar refractivity (Wildman–Crippen MR) is 58.1 cm³/mol. The summed E-state index contributed by atoms with van der Waals surface area (Å²) in [7, 11) is 0. The van der Waals surface area contributed by atoms with Crippen LogP contribution in [0.1, 0.15) is 37.4 Å². The van der Waals surface area contributed by atoms with Crippen molar-refractivity contribution in [2.24, 2.45) is 0 Å². The van der Waals surface area contributed by atoms with Crippen molar-refractivity contribution in [2.45, 2.75) is 31.6 Å². The Morgan fingerprint density at radius 2 is 2.07 bits per heavy atom. The average Bonchev–Trinajstić information content (AvgIpc) is 2.85. The molecule has 1 N–H and O–H groups in total. The third kappa shape index (κ3) is 1.30. The summed E-state index contributed by atoms with van der Waals surface area (Å²) >= 11 is 0. The van der Waals surface area contributed by atoms with Gasteiger partial charge in [0.15, 0.2) is 5.88 Å². The zero-order valence-electron chi connectivity index (χ0n) is 8.56. The van der Waals surface area contributed by atoms with Crippen LogP contribution in [0.2, 0.25) is 0 Å². The van der Waals surface area contributed by atoms with E-state index >= 15 is 0 Å². The molecule has 3 rings (SSSR count). The first-order valence-electron chi connectivity index (χ1n) is 5.51. The minimum absolute atomic E-state index is 0.298. The molecule has 78 valence electrons. The summed E-state index contributed by atoms with van der Waals surface area (Å²) in [6, 6.07) is 5.54. The molecule has 1 aliphatic carbocycles. The van der Waals surface area contributed by atoms with Gasteiger partial charge in [0, 0.05) is 5.92 Å². The predicted octanol–water partition coefficient (Wildman–Crippen LogP) is 2.70. The van der Waals surface area contributed by atoms with Gasteiger partial charge in [-0.15, -0.1) is 0 Å². The first-order valence-corrected chi connectivity index (χ1v) is 5.51. The molecule has 0 radical (unpaired) electrons. The van der Waals surface area contributed by atoms with Crippen molar-refractivity contribution in [2.75, 3.05) is 0 Å². The van der Waals surface area contributed by atoms with E-state index in [4.69, 9.17) is 0 Å². The molecule has 0 saturated heterocycles.